The van der Waals surface area contributed by atoms with Gasteiger partial charge in [0, 0.05) is 50.3 Å². The Bertz CT molecular complexity index is 1120. The molecule has 0 saturated carbocycles. The maximum atomic E-state index is 12.8. The van der Waals surface area contributed by atoms with Gasteiger partial charge < -0.3 is 20.0 Å². The molecular weight excluding hydrogens is 378 g/mol. The van der Waals surface area contributed by atoms with Crippen LogP contribution >= 0.6 is 0 Å². The number of nitrogens with zero attached hydrogens (tertiary/aromatic N) is 2. The van der Waals surface area contributed by atoms with Gasteiger partial charge in [0.25, 0.3) is 0 Å². The molecule has 2 heterocycles. The van der Waals surface area contributed by atoms with Crippen LogP contribution in [0.1, 0.15) is 30.0 Å². The molecule has 1 saturated heterocycles. The molecule has 0 aliphatic carbocycles. The molecule has 6 nitrogen and oxygen atoms in total. The van der Waals surface area contributed by atoms with Gasteiger partial charge >= 0.3 is 0 Å². The average Bonchev–Trinajstić information content (AvgIpc) is 3.10. The molecule has 0 unspecified atom stereocenters. The maximum Gasteiger partial charge on any atom is 0.246 e. The van der Waals surface area contributed by atoms with Crippen molar-refractivity contribution in [3.63, 3.8) is 0 Å². The van der Waals surface area contributed by atoms with E-state index in [0.717, 1.165) is 24.2 Å². The van der Waals surface area contributed by atoms with Crippen molar-refractivity contribution in [3.05, 3.63) is 65.9 Å². The van der Waals surface area contributed by atoms with E-state index >= 15 is 0 Å². The summed E-state index contributed by atoms with van der Waals surface area (Å²) in [5, 5.41) is 0.689. The van der Waals surface area contributed by atoms with Crippen LogP contribution in [0.5, 0.6) is 0 Å². The van der Waals surface area contributed by atoms with E-state index in [1.165, 1.54) is 12.6 Å². The summed E-state index contributed by atoms with van der Waals surface area (Å²) in [7, 11) is 0. The van der Waals surface area contributed by atoms with Gasteiger partial charge in [0.15, 0.2) is 11.5 Å². The topological polar surface area (TPSA) is 79.8 Å². The summed E-state index contributed by atoms with van der Waals surface area (Å²) in [6.45, 7) is 6.33. The molecular formula is C24H25N3O3. The molecule has 1 fully saturated rings. The summed E-state index contributed by atoms with van der Waals surface area (Å²) >= 11 is 0. The lowest BCUT2D eigenvalue weighted by Crippen LogP contribution is -2.48. The molecule has 1 aliphatic heterocycles. The van der Waals surface area contributed by atoms with Crippen LogP contribution in [-0.2, 0) is 4.79 Å². The van der Waals surface area contributed by atoms with Crippen LogP contribution in [0.3, 0.4) is 0 Å². The second-order valence-corrected chi connectivity index (χ2v) is 7.59. The minimum atomic E-state index is -0.206. The van der Waals surface area contributed by atoms with E-state index in [1.54, 1.807) is 12.1 Å². The number of carbonyl (C=O) groups is 2. The third-order valence-corrected chi connectivity index (χ3v) is 5.55. The number of Topliss-reactive ketones (excluding diaryl/α,β-unsaturated/α-hetero) is 1. The fraction of sp³-hybridized carbons (Fsp3) is 0.250. The summed E-state index contributed by atoms with van der Waals surface area (Å²) in [5.74, 6) is -0.0246. The molecule has 154 valence electrons. The van der Waals surface area contributed by atoms with Gasteiger partial charge in [-0.05, 0) is 42.3 Å². The van der Waals surface area contributed by atoms with Crippen molar-refractivity contribution in [2.24, 2.45) is 0 Å². The highest BCUT2D eigenvalue weighted by molar-refractivity contribution is 6.06. The first kappa shape index (κ1) is 19.8. The molecule has 6 heteroatoms. The highest BCUT2D eigenvalue weighted by Gasteiger charge is 2.20. The Balaban J connectivity index is 1.47. The number of rotatable bonds is 4. The molecule has 0 spiro atoms. The number of carbonyl (C=O) groups excluding carboxylic acids is 2. The van der Waals surface area contributed by atoms with Gasteiger partial charge in [-0.25, -0.2) is 0 Å². The molecule has 30 heavy (non-hydrogen) atoms. The summed E-state index contributed by atoms with van der Waals surface area (Å²) in [4.78, 5) is 28.6. The quantitative estimate of drug-likeness (QED) is 0.527. The molecule has 0 bridgehead atoms. The fourth-order valence-electron chi connectivity index (χ4n) is 3.81. The predicted octanol–water partition coefficient (Wildman–Crippen LogP) is 3.97. The van der Waals surface area contributed by atoms with E-state index in [1.807, 2.05) is 42.2 Å². The molecule has 2 aromatic carbocycles. The molecule has 1 aromatic heterocycles. The number of nitrogens with two attached hydrogens (primary N) is 1. The van der Waals surface area contributed by atoms with Crippen molar-refractivity contribution >= 4 is 39.6 Å². The molecule has 1 aliphatic rings. The average molecular weight is 403 g/mol. The molecule has 0 radical (unpaired) electrons. The number of para-hydroxylation sites is 1. The Kier molecular flexibility index (Phi) is 5.31. The second kappa shape index (κ2) is 8.06. The van der Waals surface area contributed by atoms with Gasteiger partial charge in [0.2, 0.25) is 5.91 Å². The number of fused-ring (bicyclic) bond motifs is 1. The molecule has 1 amide bonds. The van der Waals surface area contributed by atoms with E-state index < -0.39 is 0 Å². The van der Waals surface area contributed by atoms with Gasteiger partial charge in [0.05, 0.1) is 5.69 Å². The summed E-state index contributed by atoms with van der Waals surface area (Å²) in [5.41, 5.74) is 9.89. The minimum absolute atomic E-state index is 0.00454. The van der Waals surface area contributed by atoms with E-state index in [4.69, 9.17) is 10.2 Å². The molecule has 2 N–H and O–H groups in total. The Hall–Kier alpha value is -3.54. The number of piperazine rings is 1. The van der Waals surface area contributed by atoms with Crippen LogP contribution in [0.25, 0.3) is 16.5 Å². The Morgan fingerprint density at radius 1 is 1.00 bits per heavy atom. The lowest BCUT2D eigenvalue weighted by atomic mass is 10.0. The minimum Gasteiger partial charge on any atom is -0.451 e. The highest BCUT2D eigenvalue weighted by atomic mass is 16.3. The largest absolute Gasteiger partial charge is 0.451 e. The van der Waals surface area contributed by atoms with Crippen molar-refractivity contribution in [1.82, 2.24) is 4.90 Å². The Morgan fingerprint density at radius 2 is 1.70 bits per heavy atom. The molecule has 0 atom stereocenters. The standard InChI is InChI=1S/C24H25N3O3/c1-16(18-8-9-21-20(15-18)23(25)24(30-21)17(2)28)14-22(29)27-12-10-26(11-13-27)19-6-4-3-5-7-19/h3-9,14-15H,10-13,25H2,1-2H3/b16-14-. The van der Waals surface area contributed by atoms with Gasteiger partial charge in [-0.3, -0.25) is 9.59 Å². The third kappa shape index (κ3) is 3.81. The first-order valence-corrected chi connectivity index (χ1v) is 10.0. The normalized spacial score (nSPS) is 14.9. The Morgan fingerprint density at radius 3 is 2.37 bits per heavy atom. The van der Waals surface area contributed by atoms with E-state index in [-0.39, 0.29) is 17.5 Å². The third-order valence-electron chi connectivity index (χ3n) is 5.55. The zero-order chi connectivity index (χ0) is 21.3. The van der Waals surface area contributed by atoms with Crippen LogP contribution in [0.4, 0.5) is 11.4 Å². The molecule has 3 aromatic rings. The second-order valence-electron chi connectivity index (χ2n) is 7.59. The summed E-state index contributed by atoms with van der Waals surface area (Å²) in [6, 6.07) is 15.8. The van der Waals surface area contributed by atoms with E-state index in [0.29, 0.717) is 29.7 Å². The summed E-state index contributed by atoms with van der Waals surface area (Å²) in [6.07, 6.45) is 1.67. The van der Waals surface area contributed by atoms with Gasteiger partial charge in [-0.2, -0.15) is 0 Å². The number of hydrogen-bond donors (Lipinski definition) is 1. The van der Waals surface area contributed by atoms with Crippen molar-refractivity contribution in [2.75, 3.05) is 36.8 Å². The first-order valence-electron chi connectivity index (χ1n) is 10.0. The number of anilines is 2. The van der Waals surface area contributed by atoms with Crippen molar-refractivity contribution in [3.8, 4) is 0 Å². The Labute approximate surface area is 175 Å². The first-order chi connectivity index (χ1) is 14.4. The van der Waals surface area contributed by atoms with Gasteiger partial charge in [-0.15, -0.1) is 0 Å². The van der Waals surface area contributed by atoms with E-state index in [9.17, 15) is 9.59 Å². The van der Waals surface area contributed by atoms with Crippen molar-refractivity contribution in [2.45, 2.75) is 13.8 Å². The predicted molar refractivity (Wildman–Crippen MR) is 120 cm³/mol. The number of amides is 1. The zero-order valence-electron chi connectivity index (χ0n) is 17.2. The van der Waals surface area contributed by atoms with Crippen LogP contribution in [0.15, 0.2) is 59.0 Å². The number of hydrogen-bond acceptors (Lipinski definition) is 5. The van der Waals surface area contributed by atoms with Crippen LogP contribution < -0.4 is 10.6 Å². The summed E-state index contributed by atoms with van der Waals surface area (Å²) < 4.78 is 5.54. The number of furan rings is 1. The maximum absolute atomic E-state index is 12.8. The highest BCUT2D eigenvalue weighted by Crippen LogP contribution is 2.31. The zero-order valence-corrected chi connectivity index (χ0v) is 17.2. The van der Waals surface area contributed by atoms with Crippen molar-refractivity contribution < 1.29 is 14.0 Å². The number of ketones is 1. The monoisotopic (exact) mass is 403 g/mol. The van der Waals surface area contributed by atoms with Crippen molar-refractivity contribution in [1.29, 1.82) is 0 Å². The lowest BCUT2D eigenvalue weighted by molar-refractivity contribution is -0.126. The van der Waals surface area contributed by atoms with E-state index in [2.05, 4.69) is 17.0 Å². The van der Waals surface area contributed by atoms with Gasteiger partial charge in [0.1, 0.15) is 5.58 Å². The molecule has 4 rings (SSSR count). The lowest BCUT2D eigenvalue weighted by Gasteiger charge is -2.35. The number of benzene rings is 2. The van der Waals surface area contributed by atoms with Crippen LogP contribution in [0.2, 0.25) is 0 Å². The van der Waals surface area contributed by atoms with Crippen LogP contribution in [-0.4, -0.2) is 42.8 Å². The SMILES string of the molecule is CC(=O)c1oc2ccc(/C(C)=C\C(=O)N3CCN(c4ccccc4)CC3)cc2c1N. The smallest absolute Gasteiger partial charge is 0.246 e. The van der Waals surface area contributed by atoms with Gasteiger partial charge in [-0.1, -0.05) is 24.3 Å². The fourth-order valence-corrected chi connectivity index (χ4v) is 3.81. The number of allylic oxidation sites excluding steroid dienone is 1. The number of nitrogen functional groups attached to an aromatic ring is 1. The van der Waals surface area contributed by atoms with Crippen LogP contribution in [0, 0.1) is 0 Å².